The Balaban J connectivity index is 1.65. The van der Waals surface area contributed by atoms with Gasteiger partial charge in [-0.3, -0.25) is 9.59 Å². The lowest BCUT2D eigenvalue weighted by atomic mass is 10.1. The molecule has 0 saturated heterocycles. The first-order chi connectivity index (χ1) is 13.5. The van der Waals surface area contributed by atoms with E-state index in [0.717, 1.165) is 5.56 Å². The zero-order valence-electron chi connectivity index (χ0n) is 15.5. The molecular weight excluding hydrogens is 356 g/mol. The molecule has 0 saturated carbocycles. The molecular formula is C21H18N4O3. The second-order valence-corrected chi connectivity index (χ2v) is 6.52. The predicted molar refractivity (Wildman–Crippen MR) is 105 cm³/mol. The maximum atomic E-state index is 13.1. The van der Waals surface area contributed by atoms with Gasteiger partial charge in [0.15, 0.2) is 0 Å². The lowest BCUT2D eigenvalue weighted by molar-refractivity contribution is 0.0780. The van der Waals surface area contributed by atoms with Crippen LogP contribution in [0.4, 0.5) is 0 Å². The van der Waals surface area contributed by atoms with Crippen LogP contribution in [0.15, 0.2) is 63.9 Å². The summed E-state index contributed by atoms with van der Waals surface area (Å²) in [5, 5.41) is 4.57. The Labute approximate surface area is 160 Å². The van der Waals surface area contributed by atoms with Crippen molar-refractivity contribution in [3.05, 3.63) is 82.1 Å². The van der Waals surface area contributed by atoms with Gasteiger partial charge in [-0.15, -0.1) is 0 Å². The Hall–Kier alpha value is -3.74. The van der Waals surface area contributed by atoms with E-state index in [4.69, 9.17) is 4.52 Å². The highest BCUT2D eigenvalue weighted by atomic mass is 16.5. The van der Waals surface area contributed by atoms with Crippen molar-refractivity contribution in [1.29, 1.82) is 0 Å². The average Bonchev–Trinajstić information content (AvgIpc) is 3.09. The van der Waals surface area contributed by atoms with Crippen molar-refractivity contribution in [1.82, 2.24) is 20.0 Å². The van der Waals surface area contributed by atoms with E-state index in [1.54, 1.807) is 32.2 Å². The topological polar surface area (TPSA) is 92.1 Å². The molecule has 28 heavy (non-hydrogen) atoms. The minimum absolute atomic E-state index is 0.151. The molecule has 0 atom stereocenters. The molecule has 0 bridgehead atoms. The second-order valence-electron chi connectivity index (χ2n) is 6.52. The number of fused-ring (bicyclic) bond motifs is 1. The van der Waals surface area contributed by atoms with Gasteiger partial charge < -0.3 is 14.4 Å². The largest absolute Gasteiger partial charge is 0.360 e. The Kier molecular flexibility index (Phi) is 4.49. The molecule has 0 fully saturated rings. The summed E-state index contributed by atoms with van der Waals surface area (Å²) in [6.07, 6.45) is 0. The molecule has 0 spiro atoms. The Morgan fingerprint density at radius 2 is 1.82 bits per heavy atom. The fourth-order valence-corrected chi connectivity index (χ4v) is 3.11. The van der Waals surface area contributed by atoms with E-state index in [0.29, 0.717) is 33.7 Å². The van der Waals surface area contributed by atoms with Crippen LogP contribution in [0.5, 0.6) is 0 Å². The van der Waals surface area contributed by atoms with E-state index in [9.17, 15) is 9.59 Å². The summed E-state index contributed by atoms with van der Waals surface area (Å²) < 4.78 is 5.28. The number of benzene rings is 2. The van der Waals surface area contributed by atoms with Crippen molar-refractivity contribution in [2.45, 2.75) is 13.5 Å². The van der Waals surface area contributed by atoms with Crippen LogP contribution in [0, 0.1) is 6.92 Å². The highest BCUT2D eigenvalue weighted by Gasteiger charge is 2.24. The summed E-state index contributed by atoms with van der Waals surface area (Å²) in [5.74, 6) is 0.596. The molecule has 0 aliphatic rings. The fraction of sp³-hybridized carbons (Fsp3) is 0.143. The number of aryl methyl sites for hydroxylation is 1. The molecule has 7 heteroatoms. The molecule has 7 nitrogen and oxygen atoms in total. The maximum Gasteiger partial charge on any atom is 0.259 e. The smallest absolute Gasteiger partial charge is 0.259 e. The normalized spacial score (nSPS) is 10.9. The van der Waals surface area contributed by atoms with Crippen LogP contribution >= 0.6 is 0 Å². The van der Waals surface area contributed by atoms with Crippen molar-refractivity contribution in [2.75, 3.05) is 7.05 Å². The average molecular weight is 374 g/mol. The molecule has 1 N–H and O–H groups in total. The molecule has 4 aromatic rings. The SMILES string of the molecule is Cc1onc(-c2ccccc2)c1C(=O)N(C)Cc1nc2ccccc2c(=O)[nH]1. The van der Waals surface area contributed by atoms with Gasteiger partial charge in [0.05, 0.1) is 17.4 Å². The molecule has 0 aliphatic heterocycles. The lowest BCUT2D eigenvalue weighted by Crippen LogP contribution is -2.29. The van der Waals surface area contributed by atoms with Crippen molar-refractivity contribution >= 4 is 16.8 Å². The quantitative estimate of drug-likeness (QED) is 0.592. The van der Waals surface area contributed by atoms with Gasteiger partial charge in [0.25, 0.3) is 11.5 Å². The number of rotatable bonds is 4. The van der Waals surface area contributed by atoms with Crippen LogP contribution in [0.2, 0.25) is 0 Å². The lowest BCUT2D eigenvalue weighted by Gasteiger charge is -2.17. The molecule has 140 valence electrons. The zero-order chi connectivity index (χ0) is 19.7. The number of hydrogen-bond acceptors (Lipinski definition) is 5. The van der Waals surface area contributed by atoms with Crippen LogP contribution in [0.1, 0.15) is 21.9 Å². The first-order valence-corrected chi connectivity index (χ1v) is 8.79. The molecule has 0 radical (unpaired) electrons. The van der Waals surface area contributed by atoms with Gasteiger partial charge in [-0.2, -0.15) is 0 Å². The number of H-pyrrole nitrogens is 1. The van der Waals surface area contributed by atoms with Crippen molar-refractivity contribution in [2.24, 2.45) is 0 Å². The molecule has 2 aromatic carbocycles. The number of aromatic nitrogens is 3. The van der Waals surface area contributed by atoms with E-state index < -0.39 is 0 Å². The maximum absolute atomic E-state index is 13.1. The fourth-order valence-electron chi connectivity index (χ4n) is 3.11. The predicted octanol–water partition coefficient (Wildman–Crippen LogP) is 3.16. The third-order valence-corrected chi connectivity index (χ3v) is 4.52. The second kappa shape index (κ2) is 7.11. The van der Waals surface area contributed by atoms with Gasteiger partial charge in [0.1, 0.15) is 22.8 Å². The van der Waals surface area contributed by atoms with E-state index in [-0.39, 0.29) is 18.0 Å². The van der Waals surface area contributed by atoms with Crippen molar-refractivity contribution in [3.8, 4) is 11.3 Å². The summed E-state index contributed by atoms with van der Waals surface area (Å²) in [5.41, 5.74) is 2.06. The first kappa shape index (κ1) is 17.7. The number of amides is 1. The minimum Gasteiger partial charge on any atom is -0.360 e. The third kappa shape index (κ3) is 3.18. The molecule has 0 aliphatic carbocycles. The van der Waals surface area contributed by atoms with E-state index in [1.807, 2.05) is 36.4 Å². The monoisotopic (exact) mass is 374 g/mol. The molecule has 4 rings (SSSR count). The van der Waals surface area contributed by atoms with Gasteiger partial charge in [-0.05, 0) is 19.1 Å². The first-order valence-electron chi connectivity index (χ1n) is 8.79. The summed E-state index contributed by atoms with van der Waals surface area (Å²) in [6.45, 7) is 1.86. The number of nitrogens with zero attached hydrogens (tertiary/aromatic N) is 3. The minimum atomic E-state index is -0.256. The van der Waals surface area contributed by atoms with Crippen molar-refractivity contribution < 1.29 is 9.32 Å². The number of para-hydroxylation sites is 1. The number of aromatic amines is 1. The Morgan fingerprint density at radius 3 is 2.61 bits per heavy atom. The van der Waals surface area contributed by atoms with Crippen molar-refractivity contribution in [3.63, 3.8) is 0 Å². The molecule has 0 unspecified atom stereocenters. The van der Waals surface area contributed by atoms with Gasteiger partial charge in [0.2, 0.25) is 0 Å². The van der Waals surface area contributed by atoms with E-state index >= 15 is 0 Å². The number of nitrogens with one attached hydrogen (secondary N) is 1. The number of carbonyl (C=O) groups is 1. The standard InChI is InChI=1S/C21H18N4O3/c1-13-18(19(24-28-13)14-8-4-3-5-9-14)21(27)25(2)12-17-22-16-11-7-6-10-15(16)20(26)23-17/h3-11H,12H2,1-2H3,(H,22,23,26). The van der Waals surface area contributed by atoms with Crippen LogP contribution in [-0.4, -0.2) is 33.0 Å². The summed E-state index contributed by atoms with van der Waals surface area (Å²) >= 11 is 0. The number of hydrogen-bond donors (Lipinski definition) is 1. The summed E-state index contributed by atoms with van der Waals surface area (Å²) in [6, 6.07) is 16.5. The van der Waals surface area contributed by atoms with Gasteiger partial charge in [0, 0.05) is 12.6 Å². The molecule has 2 aromatic heterocycles. The number of carbonyl (C=O) groups excluding carboxylic acids is 1. The highest BCUT2D eigenvalue weighted by Crippen LogP contribution is 2.26. The highest BCUT2D eigenvalue weighted by molar-refractivity contribution is 6.00. The molecule has 1 amide bonds. The summed E-state index contributed by atoms with van der Waals surface area (Å²) in [7, 11) is 1.65. The van der Waals surface area contributed by atoms with E-state index in [2.05, 4.69) is 15.1 Å². The third-order valence-electron chi connectivity index (χ3n) is 4.52. The molecule has 2 heterocycles. The van der Waals surface area contributed by atoms with Crippen LogP contribution < -0.4 is 5.56 Å². The Bertz CT molecular complexity index is 1210. The van der Waals surface area contributed by atoms with E-state index in [1.165, 1.54) is 4.90 Å². The van der Waals surface area contributed by atoms with Crippen LogP contribution in [0.3, 0.4) is 0 Å². The van der Waals surface area contributed by atoms with Gasteiger partial charge in [-0.25, -0.2) is 4.98 Å². The van der Waals surface area contributed by atoms with Crippen LogP contribution in [-0.2, 0) is 6.54 Å². The summed E-state index contributed by atoms with van der Waals surface area (Å²) in [4.78, 5) is 34.0. The Morgan fingerprint density at radius 1 is 1.11 bits per heavy atom. The van der Waals surface area contributed by atoms with Gasteiger partial charge >= 0.3 is 0 Å². The zero-order valence-corrected chi connectivity index (χ0v) is 15.5. The van der Waals surface area contributed by atoms with Gasteiger partial charge in [-0.1, -0.05) is 47.6 Å². The van der Waals surface area contributed by atoms with Crippen LogP contribution in [0.25, 0.3) is 22.2 Å².